The molecule has 0 unspecified atom stereocenters. The molecule has 32 heavy (non-hydrogen) atoms. The molecule has 2 amide bonds. The molecular formula is C23H23N3O4S2. The van der Waals surface area contributed by atoms with Crippen LogP contribution in [0.15, 0.2) is 53.4 Å². The zero-order valence-electron chi connectivity index (χ0n) is 17.6. The van der Waals surface area contributed by atoms with Gasteiger partial charge in [0, 0.05) is 17.5 Å². The number of anilines is 1. The number of carbonyl (C=O) groups is 3. The van der Waals surface area contributed by atoms with Gasteiger partial charge in [-0.05, 0) is 44.0 Å². The highest BCUT2D eigenvalue weighted by atomic mass is 32.2. The van der Waals surface area contributed by atoms with Gasteiger partial charge in [0.2, 0.25) is 5.91 Å². The molecule has 166 valence electrons. The van der Waals surface area contributed by atoms with Crippen LogP contribution in [0.4, 0.5) is 5.13 Å². The average molecular weight is 470 g/mol. The number of likely N-dealkylation sites (N-methyl/N-ethyl adjacent to an activating group) is 1. The van der Waals surface area contributed by atoms with Crippen LogP contribution >= 0.6 is 23.1 Å². The van der Waals surface area contributed by atoms with E-state index >= 15 is 0 Å². The lowest BCUT2D eigenvalue weighted by Crippen LogP contribution is -2.34. The number of rotatable bonds is 9. The zero-order chi connectivity index (χ0) is 22.5. The van der Waals surface area contributed by atoms with Crippen molar-refractivity contribution in [3.63, 3.8) is 0 Å². The van der Waals surface area contributed by atoms with Gasteiger partial charge in [0.15, 0.2) is 11.7 Å². The van der Waals surface area contributed by atoms with Crippen LogP contribution in [0.2, 0.25) is 0 Å². The maximum atomic E-state index is 12.8. The van der Waals surface area contributed by atoms with E-state index in [0.717, 1.165) is 23.1 Å². The number of esters is 1. The Labute approximate surface area is 194 Å². The maximum absolute atomic E-state index is 12.8. The third-order valence-corrected chi connectivity index (χ3v) is 7.00. The molecular weight excluding hydrogens is 446 g/mol. The van der Waals surface area contributed by atoms with Gasteiger partial charge < -0.3 is 10.1 Å². The number of thiazole rings is 1. The number of nitrogens with zero attached hydrogens (tertiary/aromatic N) is 2. The highest BCUT2D eigenvalue weighted by Gasteiger charge is 2.24. The summed E-state index contributed by atoms with van der Waals surface area (Å²) >= 11 is 2.70. The minimum absolute atomic E-state index is 0.0507. The predicted molar refractivity (Wildman–Crippen MR) is 126 cm³/mol. The second-order valence-electron chi connectivity index (χ2n) is 7.30. The van der Waals surface area contributed by atoms with Crippen molar-refractivity contribution in [3.8, 4) is 0 Å². The fourth-order valence-corrected chi connectivity index (χ4v) is 4.98. The van der Waals surface area contributed by atoms with Gasteiger partial charge in [-0.2, -0.15) is 0 Å². The zero-order valence-corrected chi connectivity index (χ0v) is 19.2. The van der Waals surface area contributed by atoms with Crippen LogP contribution in [-0.4, -0.2) is 47.7 Å². The number of para-hydroxylation sites is 1. The Hall–Kier alpha value is -2.91. The van der Waals surface area contributed by atoms with Crippen molar-refractivity contribution < 1.29 is 19.1 Å². The van der Waals surface area contributed by atoms with E-state index in [1.165, 1.54) is 28.0 Å². The van der Waals surface area contributed by atoms with E-state index in [4.69, 9.17) is 4.74 Å². The molecule has 9 heteroatoms. The summed E-state index contributed by atoms with van der Waals surface area (Å²) in [5, 5.41) is 3.50. The van der Waals surface area contributed by atoms with Gasteiger partial charge in [-0.15, -0.1) is 11.8 Å². The number of benzene rings is 2. The van der Waals surface area contributed by atoms with Crippen molar-refractivity contribution in [1.29, 1.82) is 0 Å². The summed E-state index contributed by atoms with van der Waals surface area (Å²) in [5.41, 5.74) is 1.17. The highest BCUT2D eigenvalue weighted by molar-refractivity contribution is 8.00. The summed E-state index contributed by atoms with van der Waals surface area (Å²) in [7, 11) is 0. The smallest absolute Gasteiger partial charge is 0.339 e. The average Bonchev–Trinajstić information content (AvgIpc) is 3.51. The van der Waals surface area contributed by atoms with Crippen LogP contribution < -0.4 is 10.2 Å². The largest absolute Gasteiger partial charge is 0.452 e. The number of amides is 2. The van der Waals surface area contributed by atoms with Gasteiger partial charge in [0.05, 0.1) is 21.5 Å². The summed E-state index contributed by atoms with van der Waals surface area (Å²) in [6, 6.07) is 14.9. The Kier molecular flexibility index (Phi) is 7.06. The Morgan fingerprint density at radius 2 is 1.91 bits per heavy atom. The highest BCUT2D eigenvalue weighted by Crippen LogP contribution is 2.29. The molecule has 0 saturated heterocycles. The van der Waals surface area contributed by atoms with E-state index in [9.17, 15) is 14.4 Å². The Balaban J connectivity index is 1.37. The summed E-state index contributed by atoms with van der Waals surface area (Å²) in [4.78, 5) is 44.1. The topological polar surface area (TPSA) is 88.6 Å². The Bertz CT molecular complexity index is 1110. The number of thioether (sulfide) groups is 1. The molecule has 1 fully saturated rings. The number of hydrogen-bond acceptors (Lipinski definition) is 7. The minimum atomic E-state index is -0.593. The third-order valence-electron chi connectivity index (χ3n) is 4.87. The summed E-state index contributed by atoms with van der Waals surface area (Å²) < 4.78 is 6.31. The summed E-state index contributed by atoms with van der Waals surface area (Å²) in [6.07, 6.45) is 2.05. The van der Waals surface area contributed by atoms with E-state index < -0.39 is 5.97 Å². The number of hydrogen-bond donors (Lipinski definition) is 1. The molecule has 1 aliphatic rings. The molecule has 0 aliphatic heterocycles. The molecule has 1 aliphatic carbocycles. The molecule has 7 nitrogen and oxygen atoms in total. The van der Waals surface area contributed by atoms with Crippen LogP contribution in [0.1, 0.15) is 30.1 Å². The van der Waals surface area contributed by atoms with E-state index in [-0.39, 0.29) is 24.2 Å². The van der Waals surface area contributed by atoms with Crippen LogP contribution in [0, 0.1) is 0 Å². The van der Waals surface area contributed by atoms with Gasteiger partial charge in [-0.3, -0.25) is 14.5 Å². The van der Waals surface area contributed by atoms with Gasteiger partial charge in [0.1, 0.15) is 0 Å². The van der Waals surface area contributed by atoms with Crippen molar-refractivity contribution >= 4 is 56.2 Å². The first-order chi connectivity index (χ1) is 15.5. The number of ether oxygens (including phenoxy) is 1. The lowest BCUT2D eigenvalue weighted by molar-refractivity contribution is -0.121. The molecule has 1 heterocycles. The normalized spacial score (nSPS) is 13.0. The van der Waals surface area contributed by atoms with E-state index in [2.05, 4.69) is 10.3 Å². The van der Waals surface area contributed by atoms with Crippen molar-refractivity contribution in [2.75, 3.05) is 23.8 Å². The molecule has 1 aromatic heterocycles. The lowest BCUT2D eigenvalue weighted by Gasteiger charge is -2.17. The number of carbonyl (C=O) groups excluding carboxylic acids is 3. The number of nitrogens with one attached hydrogen (secondary N) is 1. The number of aromatic nitrogens is 1. The van der Waals surface area contributed by atoms with Crippen molar-refractivity contribution in [2.24, 2.45) is 0 Å². The molecule has 0 radical (unpaired) electrons. The quantitative estimate of drug-likeness (QED) is 0.378. The third kappa shape index (κ3) is 5.46. The van der Waals surface area contributed by atoms with Gasteiger partial charge in [-0.25, -0.2) is 9.78 Å². The molecule has 1 N–H and O–H groups in total. The van der Waals surface area contributed by atoms with Crippen LogP contribution in [0.5, 0.6) is 0 Å². The molecule has 2 aromatic carbocycles. The molecule has 4 rings (SSSR count). The monoisotopic (exact) mass is 469 g/mol. The van der Waals surface area contributed by atoms with E-state index in [1.807, 2.05) is 31.2 Å². The van der Waals surface area contributed by atoms with Crippen LogP contribution in [0.3, 0.4) is 0 Å². The Morgan fingerprint density at radius 3 is 2.66 bits per heavy atom. The Morgan fingerprint density at radius 1 is 1.16 bits per heavy atom. The van der Waals surface area contributed by atoms with Crippen molar-refractivity contribution in [3.05, 3.63) is 54.1 Å². The van der Waals surface area contributed by atoms with E-state index in [0.29, 0.717) is 28.2 Å². The van der Waals surface area contributed by atoms with Crippen LogP contribution in [-0.2, 0) is 14.3 Å². The molecule has 0 spiro atoms. The van der Waals surface area contributed by atoms with Crippen molar-refractivity contribution in [1.82, 2.24) is 10.3 Å². The standard InChI is InChI=1S/C23H23N3O4S2/c1-2-26(23-25-17-8-4-6-10-19(17)32-23)21(28)13-30-22(29)16-7-3-5-9-18(16)31-14-20(27)24-15-11-12-15/h3-10,15H,2,11-14H2,1H3,(H,24,27). The summed E-state index contributed by atoms with van der Waals surface area (Å²) in [6.45, 7) is 1.88. The number of fused-ring (bicyclic) bond motifs is 1. The molecule has 3 aromatic rings. The second-order valence-corrected chi connectivity index (χ2v) is 9.33. The molecule has 0 bridgehead atoms. The molecule has 1 saturated carbocycles. The minimum Gasteiger partial charge on any atom is -0.452 e. The van der Waals surface area contributed by atoms with Crippen molar-refractivity contribution in [2.45, 2.75) is 30.7 Å². The fraction of sp³-hybridized carbons (Fsp3) is 0.304. The SMILES string of the molecule is CCN(C(=O)COC(=O)c1ccccc1SCC(=O)NC1CC1)c1nc2ccccc2s1. The fourth-order valence-electron chi connectivity index (χ4n) is 3.08. The second kappa shape index (κ2) is 10.1. The summed E-state index contributed by atoms with van der Waals surface area (Å²) in [5.74, 6) is -0.760. The lowest BCUT2D eigenvalue weighted by atomic mass is 10.2. The first-order valence-electron chi connectivity index (χ1n) is 10.4. The maximum Gasteiger partial charge on any atom is 0.339 e. The molecule has 0 atom stereocenters. The van der Waals surface area contributed by atoms with Gasteiger partial charge in [0.25, 0.3) is 5.91 Å². The predicted octanol–water partition coefficient (Wildman–Crippen LogP) is 3.88. The van der Waals surface area contributed by atoms with Gasteiger partial charge in [-0.1, -0.05) is 35.6 Å². The first-order valence-corrected chi connectivity index (χ1v) is 12.2. The first kappa shape index (κ1) is 22.3. The van der Waals surface area contributed by atoms with Gasteiger partial charge >= 0.3 is 5.97 Å². The van der Waals surface area contributed by atoms with E-state index in [1.54, 1.807) is 24.3 Å². The van der Waals surface area contributed by atoms with Crippen LogP contribution in [0.25, 0.3) is 10.2 Å².